The quantitative estimate of drug-likeness (QED) is 0.801. The molecule has 0 fully saturated rings. The third-order valence-corrected chi connectivity index (χ3v) is 5.63. The highest BCUT2D eigenvalue weighted by atomic mass is 32.2. The Hall–Kier alpha value is -2.16. The van der Waals surface area contributed by atoms with Gasteiger partial charge >= 0.3 is 0 Å². The maximum atomic E-state index is 14.0. The standard InChI is InChI=1S/C18H20FNO5S/c1-2-24-17-8-7-13(11-15(17)19)26(22,23)20-12-18(21)9-10-25-16-6-4-3-5-14(16)18/h3-8,11,20-21H,2,9-10,12H2,1H3. The van der Waals surface area contributed by atoms with Crippen LogP contribution in [0, 0.1) is 5.82 Å². The van der Waals surface area contributed by atoms with Crippen LogP contribution in [-0.4, -0.2) is 33.3 Å². The molecule has 1 aliphatic rings. The Bertz CT molecular complexity index is 902. The van der Waals surface area contributed by atoms with Gasteiger partial charge in [0.05, 0.1) is 18.1 Å². The molecule has 0 aromatic heterocycles. The lowest BCUT2D eigenvalue weighted by Gasteiger charge is -2.34. The highest BCUT2D eigenvalue weighted by Crippen LogP contribution is 2.36. The van der Waals surface area contributed by atoms with Crippen LogP contribution in [0.1, 0.15) is 18.9 Å². The maximum Gasteiger partial charge on any atom is 0.240 e. The summed E-state index contributed by atoms with van der Waals surface area (Å²) in [6, 6.07) is 10.4. The lowest BCUT2D eigenvalue weighted by molar-refractivity contribution is 0.00219. The first-order valence-corrected chi connectivity index (χ1v) is 9.71. The minimum absolute atomic E-state index is 0.0107. The van der Waals surface area contributed by atoms with Gasteiger partial charge in [0.1, 0.15) is 11.4 Å². The molecule has 26 heavy (non-hydrogen) atoms. The van der Waals surface area contributed by atoms with Crippen molar-refractivity contribution in [1.82, 2.24) is 4.72 Å². The molecule has 0 spiro atoms. The number of hydrogen-bond donors (Lipinski definition) is 2. The molecule has 2 aromatic carbocycles. The molecule has 0 bridgehead atoms. The van der Waals surface area contributed by atoms with Crippen molar-refractivity contribution in [2.45, 2.75) is 23.8 Å². The summed E-state index contributed by atoms with van der Waals surface area (Å²) in [7, 11) is -4.00. The molecular formula is C18H20FNO5S. The van der Waals surface area contributed by atoms with Crippen LogP contribution in [0.3, 0.4) is 0 Å². The number of fused-ring (bicyclic) bond motifs is 1. The molecule has 0 radical (unpaired) electrons. The van der Waals surface area contributed by atoms with Gasteiger partial charge < -0.3 is 14.6 Å². The van der Waals surface area contributed by atoms with Gasteiger partial charge in [-0.2, -0.15) is 0 Å². The lowest BCUT2D eigenvalue weighted by atomic mass is 9.88. The number of para-hydroxylation sites is 1. The SMILES string of the molecule is CCOc1ccc(S(=O)(=O)NCC2(O)CCOc3ccccc32)cc1F. The van der Waals surface area contributed by atoms with Crippen molar-refractivity contribution in [2.75, 3.05) is 19.8 Å². The van der Waals surface area contributed by atoms with Gasteiger partial charge in [-0.1, -0.05) is 18.2 Å². The average Bonchev–Trinajstić information content (AvgIpc) is 2.62. The maximum absolute atomic E-state index is 14.0. The second-order valence-electron chi connectivity index (χ2n) is 5.98. The molecule has 0 amide bonds. The molecule has 2 aromatic rings. The monoisotopic (exact) mass is 381 g/mol. The van der Waals surface area contributed by atoms with Crippen LogP contribution < -0.4 is 14.2 Å². The van der Waals surface area contributed by atoms with E-state index in [2.05, 4.69) is 4.72 Å². The normalized spacial score (nSPS) is 19.5. The van der Waals surface area contributed by atoms with Gasteiger partial charge in [0.25, 0.3) is 0 Å². The van der Waals surface area contributed by atoms with Crippen molar-refractivity contribution in [3.63, 3.8) is 0 Å². The zero-order chi connectivity index (χ0) is 18.8. The Morgan fingerprint density at radius 1 is 1.31 bits per heavy atom. The molecule has 1 unspecified atom stereocenters. The van der Waals surface area contributed by atoms with E-state index in [0.717, 1.165) is 6.07 Å². The van der Waals surface area contributed by atoms with Crippen molar-refractivity contribution < 1.29 is 27.4 Å². The van der Waals surface area contributed by atoms with Crippen LogP contribution in [0.25, 0.3) is 0 Å². The van der Waals surface area contributed by atoms with Crippen molar-refractivity contribution in [1.29, 1.82) is 0 Å². The molecule has 3 rings (SSSR count). The van der Waals surface area contributed by atoms with Gasteiger partial charge in [0.15, 0.2) is 11.6 Å². The van der Waals surface area contributed by atoms with Crippen LogP contribution in [0.5, 0.6) is 11.5 Å². The molecule has 6 nitrogen and oxygen atoms in total. The topological polar surface area (TPSA) is 84.9 Å². The summed E-state index contributed by atoms with van der Waals surface area (Å²) < 4.78 is 51.9. The van der Waals surface area contributed by atoms with Crippen molar-refractivity contribution in [3.05, 3.63) is 53.8 Å². The van der Waals surface area contributed by atoms with Gasteiger partial charge in [0, 0.05) is 18.5 Å². The molecule has 0 aliphatic carbocycles. The first-order valence-electron chi connectivity index (χ1n) is 8.22. The first kappa shape index (κ1) is 18.6. The predicted octanol–water partition coefficient (Wildman–Crippen LogP) is 2.17. The van der Waals surface area contributed by atoms with E-state index in [9.17, 15) is 17.9 Å². The minimum atomic E-state index is -4.00. The molecule has 140 valence electrons. The Labute approximate surface area is 151 Å². The summed E-state index contributed by atoms with van der Waals surface area (Å²) in [4.78, 5) is -0.234. The second-order valence-corrected chi connectivity index (χ2v) is 7.74. The van der Waals surface area contributed by atoms with Gasteiger partial charge in [0.2, 0.25) is 10.0 Å². The number of halogens is 1. The second kappa shape index (κ2) is 7.22. The Balaban J connectivity index is 1.80. The number of benzene rings is 2. The van der Waals surface area contributed by atoms with Crippen molar-refractivity contribution >= 4 is 10.0 Å². The predicted molar refractivity (Wildman–Crippen MR) is 93.2 cm³/mol. The number of nitrogens with one attached hydrogen (secondary N) is 1. The summed E-state index contributed by atoms with van der Waals surface area (Å²) in [6.07, 6.45) is 0.240. The van der Waals surface area contributed by atoms with Crippen molar-refractivity contribution in [3.8, 4) is 11.5 Å². The van der Waals surface area contributed by atoms with Crippen LogP contribution in [0.2, 0.25) is 0 Å². The fraction of sp³-hybridized carbons (Fsp3) is 0.333. The molecular weight excluding hydrogens is 361 g/mol. The molecule has 1 heterocycles. The van der Waals surface area contributed by atoms with E-state index in [1.807, 2.05) is 0 Å². The average molecular weight is 381 g/mol. The molecule has 0 saturated heterocycles. The lowest BCUT2D eigenvalue weighted by Crippen LogP contribution is -2.43. The third-order valence-electron chi connectivity index (χ3n) is 4.23. The highest BCUT2D eigenvalue weighted by molar-refractivity contribution is 7.89. The van der Waals surface area contributed by atoms with E-state index >= 15 is 0 Å². The molecule has 1 atom stereocenters. The van der Waals surface area contributed by atoms with Gasteiger partial charge in [-0.3, -0.25) is 0 Å². The molecule has 8 heteroatoms. The minimum Gasteiger partial charge on any atom is -0.493 e. The first-order chi connectivity index (χ1) is 12.4. The van der Waals surface area contributed by atoms with E-state index in [-0.39, 0.29) is 36.8 Å². The van der Waals surface area contributed by atoms with Crippen molar-refractivity contribution in [2.24, 2.45) is 0 Å². The van der Waals surface area contributed by atoms with E-state index in [4.69, 9.17) is 9.47 Å². The largest absolute Gasteiger partial charge is 0.493 e. The molecule has 1 aliphatic heterocycles. The van der Waals surface area contributed by atoms with E-state index < -0.39 is 21.4 Å². The smallest absolute Gasteiger partial charge is 0.240 e. The van der Waals surface area contributed by atoms with Gasteiger partial charge in [-0.25, -0.2) is 17.5 Å². The van der Waals surface area contributed by atoms with Crippen LogP contribution in [0.4, 0.5) is 4.39 Å². The summed E-state index contributed by atoms with van der Waals surface area (Å²) >= 11 is 0. The Morgan fingerprint density at radius 3 is 2.81 bits per heavy atom. The van der Waals surface area contributed by atoms with E-state index in [1.165, 1.54) is 12.1 Å². The van der Waals surface area contributed by atoms with Crippen LogP contribution in [-0.2, 0) is 15.6 Å². The summed E-state index contributed by atoms with van der Waals surface area (Å²) in [5, 5.41) is 10.9. The number of ether oxygens (including phenoxy) is 2. The summed E-state index contributed by atoms with van der Waals surface area (Å²) in [5.74, 6) is -0.249. The molecule has 2 N–H and O–H groups in total. The van der Waals surface area contributed by atoms with Gasteiger partial charge in [-0.15, -0.1) is 0 Å². The van der Waals surface area contributed by atoms with Gasteiger partial charge in [-0.05, 0) is 31.2 Å². The Kier molecular flexibility index (Phi) is 5.17. The van der Waals surface area contributed by atoms with E-state index in [1.54, 1.807) is 31.2 Å². The highest BCUT2D eigenvalue weighted by Gasteiger charge is 2.36. The number of sulfonamides is 1. The third kappa shape index (κ3) is 3.67. The Morgan fingerprint density at radius 2 is 2.08 bits per heavy atom. The van der Waals surface area contributed by atoms with Crippen LogP contribution in [0.15, 0.2) is 47.4 Å². The zero-order valence-corrected chi connectivity index (χ0v) is 15.1. The fourth-order valence-corrected chi connectivity index (χ4v) is 3.95. The molecule has 0 saturated carbocycles. The number of rotatable bonds is 6. The zero-order valence-electron chi connectivity index (χ0n) is 14.2. The van der Waals surface area contributed by atoms with Crippen LogP contribution >= 0.6 is 0 Å². The summed E-state index contributed by atoms with van der Waals surface area (Å²) in [6.45, 7) is 2.01. The summed E-state index contributed by atoms with van der Waals surface area (Å²) in [5.41, 5.74) is -0.877. The number of hydrogen-bond acceptors (Lipinski definition) is 5. The fourth-order valence-electron chi connectivity index (χ4n) is 2.84. The van der Waals surface area contributed by atoms with E-state index in [0.29, 0.717) is 11.3 Å². The number of aliphatic hydroxyl groups is 1.